The van der Waals surface area contributed by atoms with E-state index in [9.17, 15) is 9.59 Å². The zero-order chi connectivity index (χ0) is 16.8. The Morgan fingerprint density at radius 2 is 2.35 bits per heavy atom. The maximum atomic E-state index is 11.6. The minimum absolute atomic E-state index is 0.262. The summed E-state index contributed by atoms with van der Waals surface area (Å²) in [6, 6.07) is 5.12. The summed E-state index contributed by atoms with van der Waals surface area (Å²) in [6.45, 7) is 2.36. The number of benzene rings is 1. The standard InChI is InChI=1S/C14H14ClN3O4S/c1-2-22-10-4-3-9(15)5-8(10)7-16-18-14-17-13(21)11(23-14)6-12(19)20/h3-5,7,11H,2,6H2,1H3,(H,19,20)(H,17,18,21). The molecule has 1 amide bonds. The van der Waals surface area contributed by atoms with Crippen LogP contribution < -0.4 is 10.1 Å². The summed E-state index contributed by atoms with van der Waals surface area (Å²) in [4.78, 5) is 22.2. The van der Waals surface area contributed by atoms with E-state index in [1.807, 2.05) is 6.92 Å². The summed E-state index contributed by atoms with van der Waals surface area (Å²) < 4.78 is 5.45. The first-order chi connectivity index (χ1) is 11.0. The molecule has 2 rings (SSSR count). The highest BCUT2D eigenvalue weighted by Gasteiger charge is 2.32. The van der Waals surface area contributed by atoms with E-state index >= 15 is 0 Å². The van der Waals surface area contributed by atoms with E-state index in [0.717, 1.165) is 11.8 Å². The molecule has 0 aliphatic carbocycles. The fraction of sp³-hybridized carbons (Fsp3) is 0.286. The number of nitrogens with zero attached hydrogens (tertiary/aromatic N) is 2. The SMILES string of the molecule is CCOc1ccc(Cl)cc1C=NN=C1NC(=O)C(CC(=O)O)S1. The van der Waals surface area contributed by atoms with Crippen LogP contribution in [0.5, 0.6) is 5.75 Å². The van der Waals surface area contributed by atoms with Gasteiger partial charge in [-0.15, -0.1) is 5.10 Å². The van der Waals surface area contributed by atoms with E-state index in [2.05, 4.69) is 15.5 Å². The molecule has 1 aromatic rings. The van der Waals surface area contributed by atoms with Crippen LogP contribution in [0.1, 0.15) is 18.9 Å². The Kier molecular flexibility index (Phi) is 6.00. The third kappa shape index (κ3) is 4.97. The monoisotopic (exact) mass is 355 g/mol. The van der Waals surface area contributed by atoms with Crippen molar-refractivity contribution in [3.05, 3.63) is 28.8 Å². The molecule has 9 heteroatoms. The fourth-order valence-electron chi connectivity index (χ4n) is 1.80. The number of carbonyl (C=O) groups excluding carboxylic acids is 1. The van der Waals surface area contributed by atoms with Gasteiger partial charge in [-0.3, -0.25) is 9.59 Å². The van der Waals surface area contributed by atoms with Gasteiger partial charge in [0.15, 0.2) is 5.17 Å². The Labute approximate surface area is 141 Å². The van der Waals surface area contributed by atoms with Crippen LogP contribution in [0.3, 0.4) is 0 Å². The van der Waals surface area contributed by atoms with Crippen LogP contribution in [0, 0.1) is 0 Å². The Balaban J connectivity index is 2.08. The maximum absolute atomic E-state index is 11.6. The van der Waals surface area contributed by atoms with Gasteiger partial charge in [0.2, 0.25) is 5.91 Å². The van der Waals surface area contributed by atoms with Crippen LogP contribution >= 0.6 is 23.4 Å². The average Bonchev–Trinajstić information content (AvgIpc) is 2.81. The molecule has 122 valence electrons. The zero-order valence-electron chi connectivity index (χ0n) is 12.2. The first-order valence-electron chi connectivity index (χ1n) is 6.72. The third-order valence-electron chi connectivity index (χ3n) is 2.75. The van der Waals surface area contributed by atoms with Gasteiger partial charge in [0.05, 0.1) is 19.2 Å². The average molecular weight is 356 g/mol. The number of rotatable bonds is 6. The van der Waals surface area contributed by atoms with Crippen LogP contribution in [0.4, 0.5) is 0 Å². The van der Waals surface area contributed by atoms with Crippen molar-refractivity contribution in [2.24, 2.45) is 10.2 Å². The second-order valence-electron chi connectivity index (χ2n) is 4.46. The van der Waals surface area contributed by atoms with Gasteiger partial charge in [0.1, 0.15) is 11.0 Å². The van der Waals surface area contributed by atoms with Crippen LogP contribution in [-0.2, 0) is 9.59 Å². The number of halogens is 1. The van der Waals surface area contributed by atoms with Gasteiger partial charge in [0, 0.05) is 10.6 Å². The van der Waals surface area contributed by atoms with Gasteiger partial charge in [-0.25, -0.2) is 0 Å². The van der Waals surface area contributed by atoms with E-state index in [1.165, 1.54) is 6.21 Å². The quantitative estimate of drug-likeness (QED) is 0.601. The van der Waals surface area contributed by atoms with Gasteiger partial charge in [-0.2, -0.15) is 5.10 Å². The van der Waals surface area contributed by atoms with Gasteiger partial charge in [-0.05, 0) is 25.1 Å². The highest BCUT2D eigenvalue weighted by atomic mass is 35.5. The molecule has 1 heterocycles. The van der Waals surface area contributed by atoms with Crippen molar-refractivity contribution in [2.75, 3.05) is 6.61 Å². The minimum Gasteiger partial charge on any atom is -0.493 e. The second kappa shape index (κ2) is 7.98. The van der Waals surface area contributed by atoms with Crippen LogP contribution in [0.2, 0.25) is 5.02 Å². The maximum Gasteiger partial charge on any atom is 0.305 e. The lowest BCUT2D eigenvalue weighted by Crippen LogP contribution is -2.26. The lowest BCUT2D eigenvalue weighted by molar-refractivity contribution is -0.138. The molecule has 1 aliphatic rings. The molecule has 2 N–H and O–H groups in total. The number of amides is 1. The van der Waals surface area contributed by atoms with Crippen LogP contribution in [0.25, 0.3) is 0 Å². The van der Waals surface area contributed by atoms with Crippen molar-refractivity contribution in [3.8, 4) is 5.75 Å². The number of carbonyl (C=O) groups is 2. The molecule has 0 radical (unpaired) electrons. The largest absolute Gasteiger partial charge is 0.493 e. The molecule has 1 atom stereocenters. The van der Waals surface area contributed by atoms with E-state index in [1.54, 1.807) is 18.2 Å². The Morgan fingerprint density at radius 3 is 3.04 bits per heavy atom. The lowest BCUT2D eigenvalue weighted by Gasteiger charge is -2.06. The van der Waals surface area contributed by atoms with Gasteiger partial charge in [-0.1, -0.05) is 23.4 Å². The number of carboxylic acid groups (broad SMARTS) is 1. The van der Waals surface area contributed by atoms with Crippen LogP contribution in [-0.4, -0.2) is 40.2 Å². The number of ether oxygens (including phenoxy) is 1. The summed E-state index contributed by atoms with van der Waals surface area (Å²) in [6.07, 6.45) is 1.20. The number of nitrogens with one attached hydrogen (secondary N) is 1. The van der Waals surface area contributed by atoms with Crippen molar-refractivity contribution in [3.63, 3.8) is 0 Å². The second-order valence-corrected chi connectivity index (χ2v) is 6.09. The number of thioether (sulfide) groups is 1. The van der Waals surface area contributed by atoms with E-state index in [0.29, 0.717) is 22.9 Å². The molecule has 0 spiro atoms. The highest BCUT2D eigenvalue weighted by molar-refractivity contribution is 8.15. The molecule has 23 heavy (non-hydrogen) atoms. The number of carboxylic acids is 1. The molecule has 0 bridgehead atoms. The normalized spacial score (nSPS) is 19.3. The van der Waals surface area contributed by atoms with Crippen molar-refractivity contribution in [2.45, 2.75) is 18.6 Å². The number of amidine groups is 1. The number of hydrogen-bond acceptors (Lipinski definition) is 6. The Morgan fingerprint density at radius 1 is 1.57 bits per heavy atom. The number of aliphatic carboxylic acids is 1. The van der Waals surface area contributed by atoms with Gasteiger partial charge >= 0.3 is 5.97 Å². The Bertz CT molecular complexity index is 678. The highest BCUT2D eigenvalue weighted by Crippen LogP contribution is 2.23. The molecule has 1 saturated heterocycles. The van der Waals surface area contributed by atoms with E-state index in [-0.39, 0.29) is 17.5 Å². The smallest absolute Gasteiger partial charge is 0.305 e. The molecule has 1 fully saturated rings. The summed E-state index contributed by atoms with van der Waals surface area (Å²) in [5.74, 6) is -0.806. The van der Waals surface area contributed by atoms with E-state index < -0.39 is 11.2 Å². The van der Waals surface area contributed by atoms with Crippen molar-refractivity contribution in [1.82, 2.24) is 5.32 Å². The van der Waals surface area contributed by atoms with Crippen molar-refractivity contribution in [1.29, 1.82) is 0 Å². The number of hydrogen-bond donors (Lipinski definition) is 2. The molecule has 0 saturated carbocycles. The van der Waals surface area contributed by atoms with E-state index in [4.69, 9.17) is 21.4 Å². The first-order valence-corrected chi connectivity index (χ1v) is 7.98. The molecule has 1 aliphatic heterocycles. The minimum atomic E-state index is -1.04. The summed E-state index contributed by atoms with van der Waals surface area (Å²) in [5.41, 5.74) is 0.653. The van der Waals surface area contributed by atoms with Gasteiger partial charge < -0.3 is 15.2 Å². The molecule has 1 unspecified atom stereocenters. The molecule has 7 nitrogen and oxygen atoms in total. The predicted molar refractivity (Wildman–Crippen MR) is 89.4 cm³/mol. The topological polar surface area (TPSA) is 100 Å². The fourth-order valence-corrected chi connectivity index (χ4v) is 2.89. The molecule has 1 aromatic carbocycles. The van der Waals surface area contributed by atoms with Crippen LogP contribution in [0.15, 0.2) is 28.4 Å². The summed E-state index contributed by atoms with van der Waals surface area (Å²) in [5, 5.41) is 19.1. The van der Waals surface area contributed by atoms with Crippen molar-refractivity contribution >= 4 is 46.6 Å². The third-order valence-corrected chi connectivity index (χ3v) is 4.06. The zero-order valence-corrected chi connectivity index (χ0v) is 13.7. The molecule has 0 aromatic heterocycles. The van der Waals surface area contributed by atoms with Crippen molar-refractivity contribution < 1.29 is 19.4 Å². The molecular weight excluding hydrogens is 342 g/mol. The summed E-state index contributed by atoms with van der Waals surface area (Å²) >= 11 is 6.98. The predicted octanol–water partition coefficient (Wildman–Crippen LogP) is 2.13. The molecular formula is C14H14ClN3O4S. The summed E-state index contributed by atoms with van der Waals surface area (Å²) in [7, 11) is 0. The lowest BCUT2D eigenvalue weighted by atomic mass is 10.2. The Hall–Kier alpha value is -2.06. The first kappa shape index (κ1) is 17.3. The van der Waals surface area contributed by atoms with Gasteiger partial charge in [0.25, 0.3) is 0 Å².